The summed E-state index contributed by atoms with van der Waals surface area (Å²) in [5.74, 6) is 0.546. The fourth-order valence-electron chi connectivity index (χ4n) is 4.93. The zero-order chi connectivity index (χ0) is 23.8. The van der Waals surface area contributed by atoms with Gasteiger partial charge in [0.1, 0.15) is 11.9 Å². The fourth-order valence-corrected chi connectivity index (χ4v) is 4.93. The molecule has 0 fully saturated rings. The van der Waals surface area contributed by atoms with E-state index >= 15 is 0 Å². The third-order valence-corrected chi connectivity index (χ3v) is 6.42. The van der Waals surface area contributed by atoms with E-state index in [-0.39, 0.29) is 24.3 Å². The number of aryl methyl sites for hydroxylation is 2. The Labute approximate surface area is 199 Å². The molecular formula is C28H28N4O2. The summed E-state index contributed by atoms with van der Waals surface area (Å²) in [4.78, 5) is 33.7. The molecule has 2 amide bonds. The summed E-state index contributed by atoms with van der Waals surface area (Å²) < 4.78 is 1.96. The minimum absolute atomic E-state index is 0.0389. The highest BCUT2D eigenvalue weighted by Crippen LogP contribution is 2.37. The van der Waals surface area contributed by atoms with Gasteiger partial charge in [-0.05, 0) is 61.7 Å². The van der Waals surface area contributed by atoms with Crippen LogP contribution in [0.4, 0.5) is 5.69 Å². The van der Waals surface area contributed by atoms with Crippen LogP contribution in [0.1, 0.15) is 47.9 Å². The summed E-state index contributed by atoms with van der Waals surface area (Å²) in [6.45, 7) is 6.48. The van der Waals surface area contributed by atoms with Gasteiger partial charge in [0.2, 0.25) is 11.8 Å². The van der Waals surface area contributed by atoms with Gasteiger partial charge in [-0.1, -0.05) is 48.5 Å². The van der Waals surface area contributed by atoms with Crippen molar-refractivity contribution in [2.45, 2.75) is 45.8 Å². The molecule has 6 nitrogen and oxygen atoms in total. The first-order chi connectivity index (χ1) is 16.4. The molecule has 1 aliphatic rings. The monoisotopic (exact) mass is 452 g/mol. The second kappa shape index (κ2) is 8.78. The van der Waals surface area contributed by atoms with Gasteiger partial charge in [0.05, 0.1) is 23.5 Å². The highest BCUT2D eigenvalue weighted by Gasteiger charge is 2.40. The Kier molecular flexibility index (Phi) is 5.65. The maximum atomic E-state index is 13.8. The van der Waals surface area contributed by atoms with Crippen LogP contribution in [0.15, 0.2) is 72.8 Å². The van der Waals surface area contributed by atoms with Crippen LogP contribution < -0.4 is 5.32 Å². The molecule has 4 aromatic rings. The van der Waals surface area contributed by atoms with Gasteiger partial charge in [0.25, 0.3) is 0 Å². The Balaban J connectivity index is 1.51. The smallest absolute Gasteiger partial charge is 0.247 e. The molecule has 2 atom stereocenters. The number of benzene rings is 3. The minimum Gasteiger partial charge on any atom is -0.327 e. The first-order valence-electron chi connectivity index (χ1n) is 11.6. The van der Waals surface area contributed by atoms with E-state index < -0.39 is 6.04 Å². The van der Waals surface area contributed by atoms with Crippen LogP contribution in [0.2, 0.25) is 0 Å². The molecule has 0 spiro atoms. The number of hydrogen-bond acceptors (Lipinski definition) is 3. The Morgan fingerprint density at radius 1 is 0.971 bits per heavy atom. The Hall–Kier alpha value is -3.93. The molecule has 0 bridgehead atoms. The largest absolute Gasteiger partial charge is 0.327 e. The lowest BCUT2D eigenvalue weighted by atomic mass is 10.0. The number of anilines is 1. The predicted octanol–water partition coefficient (Wildman–Crippen LogP) is 5.33. The normalized spacial score (nSPS) is 17.6. The van der Waals surface area contributed by atoms with Crippen LogP contribution in [0.5, 0.6) is 0 Å². The predicted molar refractivity (Wildman–Crippen MR) is 133 cm³/mol. The minimum atomic E-state index is -0.659. The number of carbonyl (C=O) groups excluding carboxylic acids is 2. The van der Waals surface area contributed by atoms with Gasteiger partial charge in [0, 0.05) is 12.2 Å². The van der Waals surface area contributed by atoms with Crippen molar-refractivity contribution in [3.05, 3.63) is 95.3 Å². The van der Waals surface area contributed by atoms with Crippen LogP contribution in [0.25, 0.3) is 11.0 Å². The number of fused-ring (bicyclic) bond motifs is 3. The molecule has 6 heteroatoms. The van der Waals surface area contributed by atoms with Gasteiger partial charge >= 0.3 is 0 Å². The van der Waals surface area contributed by atoms with Crippen LogP contribution in [-0.4, -0.2) is 26.3 Å². The molecule has 2 unspecified atom stereocenters. The van der Waals surface area contributed by atoms with Crippen LogP contribution in [0, 0.1) is 13.8 Å². The van der Waals surface area contributed by atoms with E-state index in [9.17, 15) is 9.59 Å². The number of imidazole rings is 1. The van der Waals surface area contributed by atoms with Crippen molar-refractivity contribution in [1.82, 2.24) is 14.5 Å². The molecule has 1 aromatic heterocycles. The molecule has 1 aliphatic heterocycles. The van der Waals surface area contributed by atoms with Gasteiger partial charge in [-0.3, -0.25) is 9.59 Å². The van der Waals surface area contributed by atoms with Gasteiger partial charge in [-0.25, -0.2) is 4.98 Å². The summed E-state index contributed by atoms with van der Waals surface area (Å²) in [7, 11) is 0. The van der Waals surface area contributed by atoms with E-state index in [0.717, 1.165) is 39.2 Å². The van der Waals surface area contributed by atoms with Gasteiger partial charge in [-0.2, -0.15) is 0 Å². The summed E-state index contributed by atoms with van der Waals surface area (Å²) in [6.07, 6.45) is 0.0389. The number of para-hydroxylation sites is 2. The maximum absolute atomic E-state index is 13.8. The molecule has 2 heterocycles. The molecule has 172 valence electrons. The van der Waals surface area contributed by atoms with Gasteiger partial charge < -0.3 is 14.8 Å². The molecule has 34 heavy (non-hydrogen) atoms. The van der Waals surface area contributed by atoms with E-state index in [4.69, 9.17) is 4.98 Å². The van der Waals surface area contributed by atoms with Crippen LogP contribution >= 0.6 is 0 Å². The lowest BCUT2D eigenvalue weighted by molar-refractivity contribution is -0.142. The molecular weight excluding hydrogens is 424 g/mol. The summed E-state index contributed by atoms with van der Waals surface area (Å²) in [5, 5.41) is 2.99. The second-order valence-electron chi connectivity index (χ2n) is 9.10. The number of hydrogen-bond donors (Lipinski definition) is 1. The van der Waals surface area contributed by atoms with E-state index in [1.807, 2.05) is 97.0 Å². The van der Waals surface area contributed by atoms with E-state index in [1.54, 1.807) is 0 Å². The van der Waals surface area contributed by atoms with Crippen molar-refractivity contribution >= 4 is 28.5 Å². The lowest BCUT2D eigenvalue weighted by Crippen LogP contribution is -2.45. The molecule has 0 aliphatic carbocycles. The summed E-state index contributed by atoms with van der Waals surface area (Å²) in [6, 6.07) is 22.8. The van der Waals surface area contributed by atoms with Crippen molar-refractivity contribution in [3.8, 4) is 0 Å². The SMILES string of the molecule is Cc1cc(C)cc(NC(=O)CC2C(=O)N(Cc3ccccc3)C(C)c3nc4ccccc4n32)c1. The summed E-state index contributed by atoms with van der Waals surface area (Å²) in [5.41, 5.74) is 5.66. The van der Waals surface area contributed by atoms with Crippen molar-refractivity contribution < 1.29 is 9.59 Å². The molecule has 0 saturated heterocycles. The number of rotatable bonds is 5. The summed E-state index contributed by atoms with van der Waals surface area (Å²) >= 11 is 0. The van der Waals surface area contributed by atoms with E-state index in [1.165, 1.54) is 0 Å². The van der Waals surface area contributed by atoms with Crippen molar-refractivity contribution in [3.63, 3.8) is 0 Å². The topological polar surface area (TPSA) is 67.2 Å². The zero-order valence-electron chi connectivity index (χ0n) is 19.7. The fraction of sp³-hybridized carbons (Fsp3) is 0.250. The first-order valence-corrected chi connectivity index (χ1v) is 11.6. The highest BCUT2D eigenvalue weighted by atomic mass is 16.2. The molecule has 5 rings (SSSR count). The zero-order valence-corrected chi connectivity index (χ0v) is 19.7. The number of nitrogens with zero attached hydrogens (tertiary/aromatic N) is 3. The van der Waals surface area contributed by atoms with Gasteiger partial charge in [-0.15, -0.1) is 0 Å². The van der Waals surface area contributed by atoms with Crippen molar-refractivity contribution in [2.24, 2.45) is 0 Å². The molecule has 1 N–H and O–H groups in total. The number of nitrogens with one attached hydrogen (secondary N) is 1. The van der Waals surface area contributed by atoms with Gasteiger partial charge in [0.15, 0.2) is 0 Å². The van der Waals surface area contributed by atoms with Crippen molar-refractivity contribution in [1.29, 1.82) is 0 Å². The average molecular weight is 453 g/mol. The average Bonchev–Trinajstić information content (AvgIpc) is 3.19. The number of amides is 2. The van der Waals surface area contributed by atoms with Crippen LogP contribution in [-0.2, 0) is 16.1 Å². The standard InChI is InChI=1S/C28H28N4O2/c1-18-13-19(2)15-22(14-18)29-26(33)16-25-28(34)31(17-21-9-5-4-6-10-21)20(3)27-30-23-11-7-8-12-24(23)32(25)27/h4-15,20,25H,16-17H2,1-3H3,(H,29,33). The molecule has 0 saturated carbocycles. The first kappa shape index (κ1) is 21.9. The van der Waals surface area contributed by atoms with E-state index in [2.05, 4.69) is 11.4 Å². The molecule has 0 radical (unpaired) electrons. The number of aromatic nitrogens is 2. The lowest BCUT2D eigenvalue weighted by Gasteiger charge is -2.38. The highest BCUT2D eigenvalue weighted by molar-refractivity contribution is 5.96. The van der Waals surface area contributed by atoms with E-state index in [0.29, 0.717) is 6.54 Å². The number of carbonyl (C=O) groups is 2. The third-order valence-electron chi connectivity index (χ3n) is 6.42. The third kappa shape index (κ3) is 4.07. The van der Waals surface area contributed by atoms with Crippen LogP contribution in [0.3, 0.4) is 0 Å². The Morgan fingerprint density at radius 2 is 1.65 bits per heavy atom. The van der Waals surface area contributed by atoms with Crippen molar-refractivity contribution in [2.75, 3.05) is 5.32 Å². The maximum Gasteiger partial charge on any atom is 0.247 e. The Morgan fingerprint density at radius 3 is 2.38 bits per heavy atom. The Bertz CT molecular complexity index is 1360. The molecule has 3 aromatic carbocycles. The quantitative estimate of drug-likeness (QED) is 0.445. The second-order valence-corrected chi connectivity index (χ2v) is 9.10.